The molecule has 0 saturated carbocycles. The molecule has 1 N–H and O–H groups in total. The summed E-state index contributed by atoms with van der Waals surface area (Å²) in [6.07, 6.45) is 1.33. The Morgan fingerprint density at radius 2 is 1.89 bits per heavy atom. The van der Waals surface area contributed by atoms with Crippen LogP contribution in [-0.2, 0) is 20.0 Å². The van der Waals surface area contributed by atoms with Gasteiger partial charge in [-0.1, -0.05) is 12.1 Å². The van der Waals surface area contributed by atoms with Gasteiger partial charge in [-0.2, -0.15) is 0 Å². The molecule has 2 aromatic rings. The smallest absolute Gasteiger partial charge is 0.265 e. The van der Waals surface area contributed by atoms with Gasteiger partial charge in [0.15, 0.2) is 0 Å². The van der Waals surface area contributed by atoms with Crippen molar-refractivity contribution in [3.8, 4) is 5.75 Å². The second-order valence-electron chi connectivity index (χ2n) is 6.02. The lowest BCUT2D eigenvalue weighted by atomic mass is 10.2. The van der Waals surface area contributed by atoms with Crippen LogP contribution < -0.4 is 13.8 Å². The number of hydrogen-bond acceptors (Lipinski definition) is 5. The number of nitrogens with zero attached hydrogens (tertiary/aromatic N) is 1. The maximum Gasteiger partial charge on any atom is 0.265 e. The minimum absolute atomic E-state index is 0.0519. The Balaban J connectivity index is 2.04. The second kappa shape index (κ2) is 7.69. The van der Waals surface area contributed by atoms with E-state index in [2.05, 4.69) is 20.7 Å². The summed E-state index contributed by atoms with van der Waals surface area (Å²) >= 11 is 3.30. The van der Waals surface area contributed by atoms with Gasteiger partial charge in [-0.15, -0.1) is 0 Å². The van der Waals surface area contributed by atoms with E-state index in [0.717, 1.165) is 6.42 Å². The molecule has 2 aromatic carbocycles. The number of sulfonamides is 2. The van der Waals surface area contributed by atoms with Crippen LogP contribution in [-0.4, -0.2) is 36.2 Å². The number of rotatable bonds is 5. The van der Waals surface area contributed by atoms with Crippen molar-refractivity contribution in [2.75, 3.05) is 28.4 Å². The summed E-state index contributed by atoms with van der Waals surface area (Å²) in [5, 5.41) is 0. The molecule has 1 fully saturated rings. The topological polar surface area (TPSA) is 92.8 Å². The van der Waals surface area contributed by atoms with Gasteiger partial charge in [0.2, 0.25) is 10.0 Å². The maximum atomic E-state index is 12.9. The molecule has 10 heteroatoms. The summed E-state index contributed by atoms with van der Waals surface area (Å²) in [7, 11) is -6.09. The van der Waals surface area contributed by atoms with Crippen molar-refractivity contribution in [2.24, 2.45) is 0 Å². The number of nitrogens with one attached hydrogen (secondary N) is 1. The van der Waals surface area contributed by atoms with E-state index in [0.29, 0.717) is 28.8 Å². The number of halogens is 1. The zero-order valence-electron chi connectivity index (χ0n) is 14.6. The van der Waals surface area contributed by atoms with Crippen molar-refractivity contribution in [1.82, 2.24) is 0 Å². The van der Waals surface area contributed by atoms with Crippen LogP contribution in [0.25, 0.3) is 0 Å². The van der Waals surface area contributed by atoms with E-state index in [1.165, 1.54) is 23.5 Å². The van der Waals surface area contributed by atoms with Crippen LogP contribution in [0.4, 0.5) is 11.4 Å². The largest absolute Gasteiger partial charge is 0.495 e. The molecule has 0 atom stereocenters. The Kier molecular flexibility index (Phi) is 5.68. The first-order valence-electron chi connectivity index (χ1n) is 8.20. The summed E-state index contributed by atoms with van der Waals surface area (Å²) < 4.78 is 60.2. The predicted octanol–water partition coefficient (Wildman–Crippen LogP) is 3.19. The lowest BCUT2D eigenvalue weighted by molar-refractivity contribution is 0.403. The molecule has 146 valence electrons. The van der Waals surface area contributed by atoms with Gasteiger partial charge < -0.3 is 4.74 Å². The molecule has 0 bridgehead atoms. The van der Waals surface area contributed by atoms with Crippen LogP contribution in [0.5, 0.6) is 5.75 Å². The van der Waals surface area contributed by atoms with Crippen LogP contribution in [0, 0.1) is 0 Å². The lowest BCUT2D eigenvalue weighted by Crippen LogP contribution is -2.37. The van der Waals surface area contributed by atoms with Gasteiger partial charge in [-0.05, 0) is 59.1 Å². The van der Waals surface area contributed by atoms with Gasteiger partial charge in [-0.25, -0.2) is 16.8 Å². The summed E-state index contributed by atoms with van der Waals surface area (Å²) in [6.45, 7) is 0.325. The van der Waals surface area contributed by atoms with Crippen molar-refractivity contribution < 1.29 is 21.6 Å². The fourth-order valence-corrected chi connectivity index (χ4v) is 6.27. The van der Waals surface area contributed by atoms with Crippen molar-refractivity contribution in [3.63, 3.8) is 0 Å². The highest BCUT2D eigenvalue weighted by Crippen LogP contribution is 2.33. The molecule has 1 heterocycles. The van der Waals surface area contributed by atoms with E-state index in [9.17, 15) is 16.8 Å². The van der Waals surface area contributed by atoms with E-state index in [1.54, 1.807) is 30.3 Å². The zero-order valence-corrected chi connectivity index (χ0v) is 17.8. The van der Waals surface area contributed by atoms with Gasteiger partial charge in [0, 0.05) is 11.0 Å². The van der Waals surface area contributed by atoms with Crippen molar-refractivity contribution >= 4 is 47.4 Å². The lowest BCUT2D eigenvalue weighted by Gasteiger charge is -2.28. The third kappa shape index (κ3) is 4.22. The van der Waals surface area contributed by atoms with E-state index in [1.807, 2.05) is 0 Å². The molecule has 1 saturated heterocycles. The molecule has 3 rings (SSSR count). The summed E-state index contributed by atoms with van der Waals surface area (Å²) in [6, 6.07) is 11.2. The highest BCUT2D eigenvalue weighted by Gasteiger charge is 2.29. The van der Waals surface area contributed by atoms with Crippen LogP contribution in [0.1, 0.15) is 12.8 Å². The van der Waals surface area contributed by atoms with Crippen molar-refractivity contribution in [2.45, 2.75) is 17.7 Å². The number of hydrogen-bond donors (Lipinski definition) is 1. The normalized spacial score (nSPS) is 16.7. The van der Waals surface area contributed by atoms with Crippen LogP contribution in [0.15, 0.2) is 51.8 Å². The Bertz CT molecular complexity index is 1050. The van der Waals surface area contributed by atoms with E-state index in [-0.39, 0.29) is 16.4 Å². The molecule has 0 unspecified atom stereocenters. The minimum Gasteiger partial charge on any atom is -0.495 e. The second-order valence-corrected chi connectivity index (χ2v) is 10.5. The van der Waals surface area contributed by atoms with Crippen molar-refractivity contribution in [1.29, 1.82) is 0 Å². The molecule has 0 aliphatic carbocycles. The number of benzene rings is 2. The average Bonchev–Trinajstić information content (AvgIpc) is 2.63. The number of anilines is 2. The Morgan fingerprint density at radius 1 is 1.15 bits per heavy atom. The monoisotopic (exact) mass is 474 g/mol. The third-order valence-corrected chi connectivity index (χ3v) is 8.14. The van der Waals surface area contributed by atoms with Gasteiger partial charge in [0.25, 0.3) is 10.0 Å². The van der Waals surface area contributed by atoms with Gasteiger partial charge in [0.05, 0.1) is 24.2 Å². The summed E-state index contributed by atoms with van der Waals surface area (Å²) in [5.41, 5.74) is 0.679. The molecule has 0 aromatic heterocycles. The first kappa shape index (κ1) is 20.0. The molecule has 1 aliphatic heterocycles. The van der Waals surface area contributed by atoms with Gasteiger partial charge in [0.1, 0.15) is 10.6 Å². The molecular weight excluding hydrogens is 456 g/mol. The molecule has 0 spiro atoms. The molecule has 0 radical (unpaired) electrons. The molecular formula is C17H19BrN2O5S2. The maximum absolute atomic E-state index is 12.9. The van der Waals surface area contributed by atoms with Gasteiger partial charge >= 0.3 is 0 Å². The van der Waals surface area contributed by atoms with E-state index < -0.39 is 20.0 Å². The SMILES string of the molecule is COc1ccc(N2CCCCS2(=O)=O)cc1S(=O)(=O)Nc1ccccc1Br. The van der Waals surface area contributed by atoms with Crippen LogP contribution >= 0.6 is 15.9 Å². The first-order valence-corrected chi connectivity index (χ1v) is 12.1. The quantitative estimate of drug-likeness (QED) is 0.717. The highest BCUT2D eigenvalue weighted by molar-refractivity contribution is 9.10. The predicted molar refractivity (Wildman–Crippen MR) is 108 cm³/mol. The summed E-state index contributed by atoms with van der Waals surface area (Å²) in [4.78, 5) is -0.126. The molecule has 27 heavy (non-hydrogen) atoms. The van der Waals surface area contributed by atoms with Crippen LogP contribution in [0.3, 0.4) is 0 Å². The Morgan fingerprint density at radius 3 is 2.56 bits per heavy atom. The number of methoxy groups -OCH3 is 1. The van der Waals surface area contributed by atoms with Gasteiger partial charge in [-0.3, -0.25) is 9.03 Å². The van der Waals surface area contributed by atoms with Crippen LogP contribution in [0.2, 0.25) is 0 Å². The average molecular weight is 475 g/mol. The fraction of sp³-hybridized carbons (Fsp3) is 0.294. The minimum atomic E-state index is -4.00. The molecule has 7 nitrogen and oxygen atoms in total. The third-order valence-electron chi connectivity index (χ3n) is 4.19. The van der Waals surface area contributed by atoms with E-state index >= 15 is 0 Å². The van der Waals surface area contributed by atoms with E-state index in [4.69, 9.17) is 4.74 Å². The highest BCUT2D eigenvalue weighted by atomic mass is 79.9. The Labute approximate surface area is 167 Å². The fourth-order valence-electron chi connectivity index (χ4n) is 2.85. The zero-order chi connectivity index (χ0) is 19.7. The Hall–Kier alpha value is -1.78. The molecule has 0 amide bonds. The standard InChI is InChI=1S/C17H19BrN2O5S2/c1-25-16-9-8-13(20-10-4-5-11-26(20,21)22)12-17(16)27(23,24)19-15-7-3-2-6-14(15)18/h2-3,6-9,12,19H,4-5,10-11H2,1H3. The first-order chi connectivity index (χ1) is 12.7. The molecule has 1 aliphatic rings. The summed E-state index contributed by atoms with van der Waals surface area (Å²) in [5.74, 6) is 0.184. The number of para-hydroxylation sites is 1. The number of ether oxygens (including phenoxy) is 1. The van der Waals surface area contributed by atoms with Crippen molar-refractivity contribution in [3.05, 3.63) is 46.9 Å².